The SMILES string of the molecule is CC(Br)CCc1cccc2cccnc12. The Morgan fingerprint density at radius 1 is 1.27 bits per heavy atom. The van der Waals surface area contributed by atoms with E-state index in [1.54, 1.807) is 0 Å². The monoisotopic (exact) mass is 263 g/mol. The minimum atomic E-state index is 0.566. The van der Waals surface area contributed by atoms with Gasteiger partial charge in [-0.2, -0.15) is 0 Å². The molecule has 2 heteroatoms. The van der Waals surface area contributed by atoms with Crippen molar-refractivity contribution in [2.45, 2.75) is 24.6 Å². The molecular weight excluding hydrogens is 250 g/mol. The molecule has 0 bridgehead atoms. The van der Waals surface area contributed by atoms with Gasteiger partial charge in [-0.1, -0.05) is 47.1 Å². The first kappa shape index (κ1) is 10.6. The van der Waals surface area contributed by atoms with Crippen LogP contribution < -0.4 is 0 Å². The highest BCUT2D eigenvalue weighted by Gasteiger charge is 2.03. The molecule has 0 fully saturated rings. The van der Waals surface area contributed by atoms with Crippen LogP contribution in [-0.4, -0.2) is 9.81 Å². The summed E-state index contributed by atoms with van der Waals surface area (Å²) in [5, 5.41) is 1.23. The van der Waals surface area contributed by atoms with Gasteiger partial charge in [0, 0.05) is 16.4 Å². The Balaban J connectivity index is 2.34. The van der Waals surface area contributed by atoms with Crippen molar-refractivity contribution in [2.24, 2.45) is 0 Å². The number of aromatic nitrogens is 1. The van der Waals surface area contributed by atoms with Gasteiger partial charge >= 0.3 is 0 Å². The van der Waals surface area contributed by atoms with Gasteiger partial charge in [-0.25, -0.2) is 0 Å². The van der Waals surface area contributed by atoms with Gasteiger partial charge in [-0.15, -0.1) is 0 Å². The standard InChI is InChI=1S/C13H14BrN/c1-10(14)7-8-12-5-2-4-11-6-3-9-15-13(11)12/h2-6,9-10H,7-8H2,1H3. The maximum absolute atomic E-state index is 4.44. The lowest BCUT2D eigenvalue weighted by atomic mass is 10.0. The molecule has 0 aliphatic carbocycles. The zero-order chi connectivity index (χ0) is 10.7. The van der Waals surface area contributed by atoms with E-state index in [0.717, 1.165) is 18.4 Å². The molecule has 0 saturated heterocycles. The number of hydrogen-bond acceptors (Lipinski definition) is 1. The van der Waals surface area contributed by atoms with Crippen molar-refractivity contribution in [3.05, 3.63) is 42.1 Å². The number of halogens is 1. The predicted octanol–water partition coefficient (Wildman–Crippen LogP) is 3.95. The first-order chi connectivity index (χ1) is 7.27. The Morgan fingerprint density at radius 2 is 2.07 bits per heavy atom. The van der Waals surface area contributed by atoms with Crippen molar-refractivity contribution in [1.29, 1.82) is 0 Å². The Morgan fingerprint density at radius 3 is 2.87 bits per heavy atom. The van der Waals surface area contributed by atoms with Gasteiger partial charge in [0.15, 0.2) is 0 Å². The molecule has 0 radical (unpaired) electrons. The van der Waals surface area contributed by atoms with E-state index in [1.165, 1.54) is 10.9 Å². The number of benzene rings is 1. The second kappa shape index (κ2) is 4.75. The lowest BCUT2D eigenvalue weighted by Gasteiger charge is -2.06. The molecule has 1 unspecified atom stereocenters. The number of rotatable bonds is 3. The van der Waals surface area contributed by atoms with E-state index in [2.05, 4.69) is 52.1 Å². The summed E-state index contributed by atoms with van der Waals surface area (Å²) in [6, 6.07) is 10.5. The number of nitrogens with zero attached hydrogens (tertiary/aromatic N) is 1. The molecule has 1 aromatic heterocycles. The average Bonchev–Trinajstić information content (AvgIpc) is 2.26. The van der Waals surface area contributed by atoms with Crippen LogP contribution in [0, 0.1) is 0 Å². The number of aryl methyl sites for hydroxylation is 1. The van der Waals surface area contributed by atoms with Crippen molar-refractivity contribution in [2.75, 3.05) is 0 Å². The summed E-state index contributed by atoms with van der Waals surface area (Å²) < 4.78 is 0. The summed E-state index contributed by atoms with van der Waals surface area (Å²) in [5.74, 6) is 0. The fourth-order valence-electron chi connectivity index (χ4n) is 1.72. The van der Waals surface area contributed by atoms with Crippen LogP contribution in [0.3, 0.4) is 0 Å². The van der Waals surface area contributed by atoms with Gasteiger partial charge in [0.05, 0.1) is 5.52 Å². The highest BCUT2D eigenvalue weighted by molar-refractivity contribution is 9.09. The van der Waals surface area contributed by atoms with Crippen LogP contribution in [0.5, 0.6) is 0 Å². The minimum absolute atomic E-state index is 0.566. The van der Waals surface area contributed by atoms with Gasteiger partial charge in [-0.3, -0.25) is 4.98 Å². The van der Waals surface area contributed by atoms with E-state index in [1.807, 2.05) is 12.3 Å². The summed E-state index contributed by atoms with van der Waals surface area (Å²) >= 11 is 3.58. The van der Waals surface area contributed by atoms with E-state index in [-0.39, 0.29) is 0 Å². The number of hydrogen-bond donors (Lipinski definition) is 0. The zero-order valence-electron chi connectivity index (χ0n) is 8.78. The summed E-state index contributed by atoms with van der Waals surface area (Å²) in [6.45, 7) is 2.18. The third-order valence-electron chi connectivity index (χ3n) is 2.53. The van der Waals surface area contributed by atoms with Crippen molar-refractivity contribution < 1.29 is 0 Å². The van der Waals surface area contributed by atoms with Crippen LogP contribution in [0.15, 0.2) is 36.5 Å². The Kier molecular flexibility index (Phi) is 3.37. The third-order valence-corrected chi connectivity index (χ3v) is 2.99. The molecule has 2 aromatic rings. The van der Waals surface area contributed by atoms with Crippen LogP contribution in [0.2, 0.25) is 0 Å². The molecule has 1 atom stereocenters. The van der Waals surface area contributed by atoms with Crippen LogP contribution in [0.25, 0.3) is 10.9 Å². The topological polar surface area (TPSA) is 12.9 Å². The largest absolute Gasteiger partial charge is 0.256 e. The van der Waals surface area contributed by atoms with E-state index >= 15 is 0 Å². The fourth-order valence-corrected chi connectivity index (χ4v) is 1.95. The van der Waals surface area contributed by atoms with Crippen molar-refractivity contribution >= 4 is 26.8 Å². The Labute approximate surface area is 98.7 Å². The van der Waals surface area contributed by atoms with Gasteiger partial charge in [0.2, 0.25) is 0 Å². The molecule has 0 aliphatic heterocycles. The second-order valence-electron chi connectivity index (χ2n) is 3.81. The first-order valence-electron chi connectivity index (χ1n) is 5.24. The van der Waals surface area contributed by atoms with Gasteiger partial charge in [0.25, 0.3) is 0 Å². The summed E-state index contributed by atoms with van der Waals surface area (Å²) in [6.07, 6.45) is 4.10. The predicted molar refractivity (Wildman–Crippen MR) is 68.5 cm³/mol. The van der Waals surface area contributed by atoms with Crippen molar-refractivity contribution in [3.63, 3.8) is 0 Å². The maximum Gasteiger partial charge on any atom is 0.0733 e. The second-order valence-corrected chi connectivity index (χ2v) is 5.37. The van der Waals surface area contributed by atoms with Crippen LogP contribution >= 0.6 is 15.9 Å². The van der Waals surface area contributed by atoms with Crippen LogP contribution in [-0.2, 0) is 6.42 Å². The highest BCUT2D eigenvalue weighted by Crippen LogP contribution is 2.18. The molecule has 0 spiro atoms. The van der Waals surface area contributed by atoms with E-state index in [0.29, 0.717) is 4.83 Å². The maximum atomic E-state index is 4.44. The molecular formula is C13H14BrN. The van der Waals surface area contributed by atoms with Gasteiger partial charge < -0.3 is 0 Å². The fraction of sp³-hybridized carbons (Fsp3) is 0.308. The van der Waals surface area contributed by atoms with E-state index in [9.17, 15) is 0 Å². The smallest absolute Gasteiger partial charge is 0.0733 e. The highest BCUT2D eigenvalue weighted by atomic mass is 79.9. The summed E-state index contributed by atoms with van der Waals surface area (Å²) in [5.41, 5.74) is 2.49. The molecule has 78 valence electrons. The molecule has 2 rings (SSSR count). The lowest BCUT2D eigenvalue weighted by Crippen LogP contribution is -1.95. The summed E-state index contributed by atoms with van der Waals surface area (Å²) in [7, 11) is 0. The molecule has 1 heterocycles. The summed E-state index contributed by atoms with van der Waals surface area (Å²) in [4.78, 5) is 5.01. The third kappa shape index (κ3) is 2.57. The number of fused-ring (bicyclic) bond motifs is 1. The van der Waals surface area contributed by atoms with Crippen molar-refractivity contribution in [3.8, 4) is 0 Å². The van der Waals surface area contributed by atoms with Crippen molar-refractivity contribution in [1.82, 2.24) is 4.98 Å². The normalized spacial score (nSPS) is 12.9. The zero-order valence-corrected chi connectivity index (χ0v) is 10.4. The van der Waals surface area contributed by atoms with Crippen LogP contribution in [0.1, 0.15) is 18.9 Å². The Bertz CT molecular complexity index is 446. The molecule has 1 nitrogen and oxygen atoms in total. The molecule has 1 aromatic carbocycles. The van der Waals surface area contributed by atoms with Gasteiger partial charge in [-0.05, 0) is 24.5 Å². The lowest BCUT2D eigenvalue weighted by molar-refractivity contribution is 0.825. The first-order valence-corrected chi connectivity index (χ1v) is 6.15. The van der Waals surface area contributed by atoms with E-state index in [4.69, 9.17) is 0 Å². The Hall–Kier alpha value is -0.890. The van der Waals surface area contributed by atoms with E-state index < -0.39 is 0 Å². The number of pyridine rings is 1. The number of para-hydroxylation sites is 1. The number of alkyl halides is 1. The molecule has 0 amide bonds. The average molecular weight is 264 g/mol. The molecule has 0 N–H and O–H groups in total. The van der Waals surface area contributed by atoms with Crippen LogP contribution in [0.4, 0.5) is 0 Å². The molecule has 15 heavy (non-hydrogen) atoms. The molecule has 0 saturated carbocycles. The van der Waals surface area contributed by atoms with Gasteiger partial charge in [0.1, 0.15) is 0 Å². The molecule has 0 aliphatic rings. The quantitative estimate of drug-likeness (QED) is 0.765. The minimum Gasteiger partial charge on any atom is -0.256 e.